The molecular formula is C27H42O7. The summed E-state index contributed by atoms with van der Waals surface area (Å²) in [6.07, 6.45) is 10.3. The van der Waals surface area contributed by atoms with Gasteiger partial charge in [-0.1, -0.05) is 38.5 Å². The van der Waals surface area contributed by atoms with Crippen LogP contribution in [-0.4, -0.2) is 52.4 Å². The van der Waals surface area contributed by atoms with E-state index < -0.39 is 24.0 Å². The standard InChI is InChI=1S/C27H42O7/c28-23-15-19(33-26(31)17-7-3-1-4-8-17)11-13-21(23)25(30)22-14-12-20(16-24(22)29)34-27(32)18-9-5-2-6-10-18/h17-24,28-29H,1-16H2. The summed E-state index contributed by atoms with van der Waals surface area (Å²) in [6.45, 7) is 0. The predicted molar refractivity (Wildman–Crippen MR) is 125 cm³/mol. The number of ketones is 1. The molecule has 4 rings (SSSR count). The molecule has 7 nitrogen and oxygen atoms in total. The summed E-state index contributed by atoms with van der Waals surface area (Å²) >= 11 is 0. The number of rotatable bonds is 6. The number of hydrogen-bond donors (Lipinski definition) is 2. The van der Waals surface area contributed by atoms with Gasteiger partial charge in [-0.25, -0.2) is 0 Å². The molecule has 0 amide bonds. The maximum atomic E-state index is 13.2. The molecule has 4 aliphatic carbocycles. The number of carbonyl (C=O) groups is 3. The van der Waals surface area contributed by atoms with Crippen LogP contribution in [0.5, 0.6) is 0 Å². The van der Waals surface area contributed by atoms with Gasteiger partial charge in [0.1, 0.15) is 18.0 Å². The molecule has 0 aliphatic heterocycles. The zero-order chi connectivity index (χ0) is 24.1. The van der Waals surface area contributed by atoms with Gasteiger partial charge in [-0.2, -0.15) is 0 Å². The molecule has 7 heteroatoms. The van der Waals surface area contributed by atoms with E-state index in [4.69, 9.17) is 9.47 Å². The van der Waals surface area contributed by atoms with Gasteiger partial charge in [0.2, 0.25) is 0 Å². The van der Waals surface area contributed by atoms with Crippen molar-refractivity contribution in [2.45, 2.75) is 127 Å². The average molecular weight is 479 g/mol. The highest BCUT2D eigenvalue weighted by Gasteiger charge is 2.43. The number of Topliss-reactive ketones (excluding diaryl/α,β-unsaturated/α-hetero) is 1. The normalized spacial score (nSPS) is 35.9. The minimum Gasteiger partial charge on any atom is -0.462 e. The van der Waals surface area contributed by atoms with Crippen LogP contribution in [0.15, 0.2) is 0 Å². The molecule has 0 bridgehead atoms. The van der Waals surface area contributed by atoms with Gasteiger partial charge in [0.05, 0.1) is 24.0 Å². The Labute approximate surface area is 203 Å². The topological polar surface area (TPSA) is 110 Å². The molecule has 6 atom stereocenters. The van der Waals surface area contributed by atoms with Crippen LogP contribution in [-0.2, 0) is 23.9 Å². The molecule has 2 N–H and O–H groups in total. The molecule has 0 spiro atoms. The predicted octanol–water partition coefficient (Wildman–Crippen LogP) is 3.86. The largest absolute Gasteiger partial charge is 0.462 e. The number of esters is 2. The third kappa shape index (κ3) is 6.39. The van der Waals surface area contributed by atoms with Crippen molar-refractivity contribution in [2.75, 3.05) is 0 Å². The molecule has 0 aromatic carbocycles. The van der Waals surface area contributed by atoms with Crippen molar-refractivity contribution < 1.29 is 34.1 Å². The van der Waals surface area contributed by atoms with E-state index in [-0.39, 0.29) is 54.6 Å². The second-order valence-corrected chi connectivity index (χ2v) is 11.2. The summed E-state index contributed by atoms with van der Waals surface area (Å²) in [5, 5.41) is 21.4. The minimum absolute atomic E-state index is 0.0252. The van der Waals surface area contributed by atoms with Gasteiger partial charge in [-0.3, -0.25) is 14.4 Å². The minimum atomic E-state index is -0.862. The summed E-state index contributed by atoms with van der Waals surface area (Å²) in [7, 11) is 0. The maximum absolute atomic E-state index is 13.2. The van der Waals surface area contributed by atoms with E-state index in [1.54, 1.807) is 0 Å². The maximum Gasteiger partial charge on any atom is 0.309 e. The van der Waals surface area contributed by atoms with E-state index in [1.807, 2.05) is 0 Å². The Morgan fingerprint density at radius 3 is 1.26 bits per heavy atom. The summed E-state index contributed by atoms with van der Waals surface area (Å²) < 4.78 is 11.4. The first-order valence-electron chi connectivity index (χ1n) is 13.7. The first kappa shape index (κ1) is 25.6. The van der Waals surface area contributed by atoms with Gasteiger partial charge in [0.25, 0.3) is 0 Å². The van der Waals surface area contributed by atoms with E-state index >= 15 is 0 Å². The number of aliphatic hydroxyl groups excluding tert-OH is 2. The second-order valence-electron chi connectivity index (χ2n) is 11.2. The summed E-state index contributed by atoms with van der Waals surface area (Å²) in [5.41, 5.74) is 0. The quantitative estimate of drug-likeness (QED) is 0.558. The Kier molecular flexibility index (Phi) is 9.03. The van der Waals surface area contributed by atoms with Crippen molar-refractivity contribution in [3.8, 4) is 0 Å². The van der Waals surface area contributed by atoms with Crippen LogP contribution in [0.1, 0.15) is 103 Å². The van der Waals surface area contributed by atoms with Crippen LogP contribution in [0, 0.1) is 23.7 Å². The molecule has 4 aliphatic rings. The van der Waals surface area contributed by atoms with Crippen molar-refractivity contribution in [1.82, 2.24) is 0 Å². The Bertz CT molecular complexity index is 652. The van der Waals surface area contributed by atoms with Gasteiger partial charge in [0, 0.05) is 24.7 Å². The van der Waals surface area contributed by atoms with Crippen LogP contribution in [0.3, 0.4) is 0 Å². The van der Waals surface area contributed by atoms with Crippen LogP contribution in [0.25, 0.3) is 0 Å². The van der Waals surface area contributed by atoms with E-state index in [2.05, 4.69) is 0 Å². The molecular weight excluding hydrogens is 436 g/mol. The fourth-order valence-corrected chi connectivity index (χ4v) is 6.57. The lowest BCUT2D eigenvalue weighted by atomic mass is 9.73. The summed E-state index contributed by atoms with van der Waals surface area (Å²) in [5.74, 6) is -1.53. The highest BCUT2D eigenvalue weighted by Crippen LogP contribution is 2.36. The van der Waals surface area contributed by atoms with Crippen molar-refractivity contribution in [3.63, 3.8) is 0 Å². The first-order valence-corrected chi connectivity index (χ1v) is 13.7. The molecule has 0 radical (unpaired) electrons. The molecule has 192 valence electrons. The zero-order valence-electron chi connectivity index (χ0n) is 20.4. The van der Waals surface area contributed by atoms with Gasteiger partial charge in [0.15, 0.2) is 0 Å². The van der Waals surface area contributed by atoms with E-state index in [1.165, 1.54) is 12.8 Å². The summed E-state index contributed by atoms with van der Waals surface area (Å²) in [6, 6.07) is 0. The number of carbonyl (C=O) groups excluding carboxylic acids is 3. The molecule has 4 fully saturated rings. The molecule has 34 heavy (non-hydrogen) atoms. The van der Waals surface area contributed by atoms with Crippen molar-refractivity contribution in [1.29, 1.82) is 0 Å². The Morgan fingerprint density at radius 2 is 0.912 bits per heavy atom. The van der Waals surface area contributed by atoms with Gasteiger partial charge in [-0.15, -0.1) is 0 Å². The summed E-state index contributed by atoms with van der Waals surface area (Å²) in [4.78, 5) is 38.1. The lowest BCUT2D eigenvalue weighted by Crippen LogP contribution is -2.46. The lowest BCUT2D eigenvalue weighted by Gasteiger charge is -2.38. The van der Waals surface area contributed by atoms with Crippen LogP contribution in [0.2, 0.25) is 0 Å². The molecule has 0 heterocycles. The third-order valence-electron chi connectivity index (χ3n) is 8.71. The molecule has 0 aromatic heterocycles. The highest BCUT2D eigenvalue weighted by molar-refractivity contribution is 5.85. The van der Waals surface area contributed by atoms with Crippen molar-refractivity contribution in [3.05, 3.63) is 0 Å². The Balaban J connectivity index is 1.22. The van der Waals surface area contributed by atoms with E-state index in [0.29, 0.717) is 25.7 Å². The van der Waals surface area contributed by atoms with Crippen molar-refractivity contribution >= 4 is 17.7 Å². The molecule has 4 saturated carbocycles. The fourth-order valence-electron chi connectivity index (χ4n) is 6.57. The van der Waals surface area contributed by atoms with Crippen LogP contribution >= 0.6 is 0 Å². The average Bonchev–Trinajstić information content (AvgIpc) is 2.85. The molecule has 0 aromatic rings. The SMILES string of the molecule is O=C(OC1CCC(C(=O)C2CCC(OC(=O)C3CCCCC3)CC2O)C(O)C1)C1CCCCC1. The molecule has 6 unspecified atom stereocenters. The smallest absolute Gasteiger partial charge is 0.309 e. The monoisotopic (exact) mass is 478 g/mol. The Hall–Kier alpha value is -1.47. The lowest BCUT2D eigenvalue weighted by molar-refractivity contribution is -0.161. The fraction of sp³-hybridized carbons (Fsp3) is 0.889. The van der Waals surface area contributed by atoms with Gasteiger partial charge < -0.3 is 19.7 Å². The molecule has 0 saturated heterocycles. The van der Waals surface area contributed by atoms with Crippen LogP contribution < -0.4 is 0 Å². The van der Waals surface area contributed by atoms with Crippen LogP contribution in [0.4, 0.5) is 0 Å². The van der Waals surface area contributed by atoms with E-state index in [9.17, 15) is 24.6 Å². The highest BCUT2D eigenvalue weighted by atomic mass is 16.5. The second kappa shape index (κ2) is 12.0. The number of aliphatic hydroxyl groups is 2. The Morgan fingerprint density at radius 1 is 0.529 bits per heavy atom. The van der Waals surface area contributed by atoms with E-state index in [0.717, 1.165) is 51.4 Å². The number of ether oxygens (including phenoxy) is 2. The zero-order valence-corrected chi connectivity index (χ0v) is 20.4. The first-order chi connectivity index (χ1) is 16.4. The van der Waals surface area contributed by atoms with Crippen molar-refractivity contribution in [2.24, 2.45) is 23.7 Å². The van der Waals surface area contributed by atoms with Gasteiger partial charge >= 0.3 is 11.9 Å². The number of hydrogen-bond acceptors (Lipinski definition) is 7. The third-order valence-corrected chi connectivity index (χ3v) is 8.71. The van der Waals surface area contributed by atoms with Gasteiger partial charge in [-0.05, 0) is 51.4 Å².